The van der Waals surface area contributed by atoms with Gasteiger partial charge in [0.2, 0.25) is 0 Å². The molecular formula is C20H28O5. The van der Waals surface area contributed by atoms with Crippen LogP contribution < -0.4 is 0 Å². The molecule has 0 amide bonds. The number of aromatic hydroxyl groups is 2. The molecule has 1 saturated carbocycles. The van der Waals surface area contributed by atoms with Crippen molar-refractivity contribution in [1.29, 1.82) is 0 Å². The number of benzene rings is 1. The van der Waals surface area contributed by atoms with Crippen molar-refractivity contribution in [2.45, 2.75) is 64.4 Å². The molecule has 0 unspecified atom stereocenters. The lowest BCUT2D eigenvalue weighted by atomic mass is 9.49. The summed E-state index contributed by atoms with van der Waals surface area (Å²) in [5, 5.41) is 41.5. The summed E-state index contributed by atoms with van der Waals surface area (Å²) in [7, 11) is 0. The summed E-state index contributed by atoms with van der Waals surface area (Å²) < 4.78 is 0. The number of aliphatic hydroxyl groups excluding tert-OH is 2. The SMILES string of the molecule is C[C@@H](CO)c1cc2c(c(O)c1O)[C@@]1(C)CCCC(C)(C)[C@@H]1[C@@H](O)C2=O. The zero-order chi connectivity index (χ0) is 18.7. The maximum atomic E-state index is 12.9. The summed E-state index contributed by atoms with van der Waals surface area (Å²) in [4.78, 5) is 12.9. The number of hydrogen-bond donors (Lipinski definition) is 4. The Hall–Kier alpha value is -1.59. The molecule has 25 heavy (non-hydrogen) atoms. The Bertz CT molecular complexity index is 723. The molecule has 0 bridgehead atoms. The van der Waals surface area contributed by atoms with Crippen molar-refractivity contribution in [3.63, 3.8) is 0 Å². The monoisotopic (exact) mass is 348 g/mol. The van der Waals surface area contributed by atoms with Gasteiger partial charge in [-0.25, -0.2) is 0 Å². The van der Waals surface area contributed by atoms with Gasteiger partial charge in [-0.2, -0.15) is 0 Å². The van der Waals surface area contributed by atoms with Crippen molar-refractivity contribution in [2.75, 3.05) is 6.61 Å². The van der Waals surface area contributed by atoms with E-state index in [9.17, 15) is 25.2 Å². The van der Waals surface area contributed by atoms with Crippen LogP contribution in [-0.2, 0) is 5.41 Å². The molecule has 4 atom stereocenters. The highest BCUT2D eigenvalue weighted by Crippen LogP contribution is 2.60. The predicted molar refractivity (Wildman–Crippen MR) is 94.1 cm³/mol. The number of carbonyl (C=O) groups excluding carboxylic acids is 1. The molecule has 3 rings (SSSR count). The molecule has 138 valence electrons. The van der Waals surface area contributed by atoms with E-state index in [0.29, 0.717) is 11.1 Å². The van der Waals surface area contributed by atoms with E-state index in [4.69, 9.17) is 0 Å². The van der Waals surface area contributed by atoms with E-state index in [2.05, 4.69) is 13.8 Å². The van der Waals surface area contributed by atoms with Gasteiger partial charge < -0.3 is 20.4 Å². The first kappa shape index (κ1) is 18.2. The second-order valence-corrected chi connectivity index (χ2v) is 8.72. The summed E-state index contributed by atoms with van der Waals surface area (Å²) in [6, 6.07) is 1.54. The fraction of sp³-hybridized carbons (Fsp3) is 0.650. The highest BCUT2D eigenvalue weighted by atomic mass is 16.3. The Kier molecular flexibility index (Phi) is 4.16. The van der Waals surface area contributed by atoms with Gasteiger partial charge in [-0.1, -0.05) is 34.1 Å². The van der Waals surface area contributed by atoms with Crippen LogP contribution in [0.3, 0.4) is 0 Å². The lowest BCUT2D eigenvalue weighted by Crippen LogP contribution is -2.56. The van der Waals surface area contributed by atoms with Crippen LogP contribution in [-0.4, -0.2) is 38.9 Å². The molecule has 5 nitrogen and oxygen atoms in total. The standard InChI is InChI=1S/C20H28O5/c1-10(9-21)11-8-12-13(16(24)14(11)22)20(4)7-5-6-19(2,3)18(20)17(25)15(12)23/h8,10,17-18,21-22,24-25H,5-7,9H2,1-4H3/t10-,17-,18-,20+/m0/s1. The summed E-state index contributed by atoms with van der Waals surface area (Å²) >= 11 is 0. The smallest absolute Gasteiger partial charge is 0.192 e. The molecule has 4 N–H and O–H groups in total. The minimum absolute atomic E-state index is 0.213. The van der Waals surface area contributed by atoms with Gasteiger partial charge in [0.15, 0.2) is 17.3 Å². The molecule has 0 spiro atoms. The maximum Gasteiger partial charge on any atom is 0.192 e. The molecule has 2 aliphatic carbocycles. The fourth-order valence-corrected chi connectivity index (χ4v) is 5.38. The third-order valence-corrected chi connectivity index (χ3v) is 6.58. The van der Waals surface area contributed by atoms with E-state index < -0.39 is 23.2 Å². The number of aliphatic hydroxyl groups is 2. The van der Waals surface area contributed by atoms with Crippen LogP contribution in [0.4, 0.5) is 0 Å². The molecule has 0 aromatic heterocycles. The van der Waals surface area contributed by atoms with E-state index in [0.717, 1.165) is 19.3 Å². The molecule has 2 aliphatic rings. The van der Waals surface area contributed by atoms with Gasteiger partial charge >= 0.3 is 0 Å². The molecular weight excluding hydrogens is 320 g/mol. The third-order valence-electron chi connectivity index (χ3n) is 6.58. The molecule has 0 saturated heterocycles. The van der Waals surface area contributed by atoms with Gasteiger partial charge in [0.1, 0.15) is 6.10 Å². The lowest BCUT2D eigenvalue weighted by Gasteiger charge is -2.55. The van der Waals surface area contributed by atoms with E-state index >= 15 is 0 Å². The Balaban J connectivity index is 2.31. The normalized spacial score (nSPS) is 32.0. The molecule has 1 aromatic rings. The van der Waals surface area contributed by atoms with Gasteiger partial charge in [-0.05, 0) is 24.3 Å². The Morgan fingerprint density at radius 3 is 2.44 bits per heavy atom. The quantitative estimate of drug-likeness (QED) is 0.616. The van der Waals surface area contributed by atoms with E-state index in [1.54, 1.807) is 13.0 Å². The van der Waals surface area contributed by atoms with E-state index in [1.807, 2.05) is 6.92 Å². The summed E-state index contributed by atoms with van der Waals surface area (Å²) in [6.07, 6.45) is 1.43. The first-order chi connectivity index (χ1) is 11.6. The largest absolute Gasteiger partial charge is 0.504 e. The van der Waals surface area contributed by atoms with Crippen molar-refractivity contribution in [3.05, 3.63) is 22.8 Å². The first-order valence-corrected chi connectivity index (χ1v) is 8.98. The second kappa shape index (κ2) is 5.71. The van der Waals surface area contributed by atoms with Crippen molar-refractivity contribution < 1.29 is 25.2 Å². The second-order valence-electron chi connectivity index (χ2n) is 8.72. The maximum absolute atomic E-state index is 12.9. The summed E-state index contributed by atoms with van der Waals surface area (Å²) in [5.74, 6) is -1.70. The van der Waals surface area contributed by atoms with Crippen LogP contribution >= 0.6 is 0 Å². The van der Waals surface area contributed by atoms with Crippen LogP contribution in [0.15, 0.2) is 6.07 Å². The summed E-state index contributed by atoms with van der Waals surface area (Å²) in [6.45, 7) is 7.57. The molecule has 0 heterocycles. The number of rotatable bonds is 2. The van der Waals surface area contributed by atoms with Crippen molar-refractivity contribution in [2.24, 2.45) is 11.3 Å². The number of hydrogen-bond acceptors (Lipinski definition) is 5. The van der Waals surface area contributed by atoms with Crippen LogP contribution in [0.25, 0.3) is 0 Å². The predicted octanol–water partition coefficient (Wildman–Crippen LogP) is 2.83. The fourth-order valence-electron chi connectivity index (χ4n) is 5.38. The Morgan fingerprint density at radius 1 is 1.20 bits per heavy atom. The number of Topliss-reactive ketones (excluding diaryl/α,β-unsaturated/α-hetero) is 1. The number of phenolic OH excluding ortho intramolecular Hbond substituents is 2. The first-order valence-electron chi connectivity index (χ1n) is 8.98. The van der Waals surface area contributed by atoms with Gasteiger partial charge in [-0.3, -0.25) is 4.79 Å². The number of fused-ring (bicyclic) bond motifs is 3. The van der Waals surface area contributed by atoms with Crippen LogP contribution in [0.1, 0.15) is 74.4 Å². The topological polar surface area (TPSA) is 98.0 Å². The van der Waals surface area contributed by atoms with Crippen molar-refractivity contribution in [1.82, 2.24) is 0 Å². The van der Waals surface area contributed by atoms with Gasteiger partial charge in [0.05, 0.1) is 0 Å². The van der Waals surface area contributed by atoms with Crippen LogP contribution in [0.5, 0.6) is 11.5 Å². The van der Waals surface area contributed by atoms with Gasteiger partial charge in [-0.15, -0.1) is 0 Å². The highest BCUT2D eigenvalue weighted by Gasteiger charge is 2.57. The Labute approximate surface area is 148 Å². The van der Waals surface area contributed by atoms with E-state index in [1.165, 1.54) is 0 Å². The van der Waals surface area contributed by atoms with Crippen molar-refractivity contribution >= 4 is 5.78 Å². The average Bonchev–Trinajstić information content (AvgIpc) is 2.53. The number of phenols is 2. The minimum atomic E-state index is -1.13. The number of carbonyl (C=O) groups is 1. The van der Waals surface area contributed by atoms with Crippen molar-refractivity contribution in [3.8, 4) is 11.5 Å². The third kappa shape index (κ3) is 2.40. The number of ketones is 1. The lowest BCUT2D eigenvalue weighted by molar-refractivity contribution is -0.0396. The molecule has 5 heteroatoms. The molecule has 1 aromatic carbocycles. The van der Waals surface area contributed by atoms with Gasteiger partial charge in [0.25, 0.3) is 0 Å². The summed E-state index contributed by atoms with van der Waals surface area (Å²) in [5.41, 5.74) is 0.212. The zero-order valence-corrected chi connectivity index (χ0v) is 15.3. The zero-order valence-electron chi connectivity index (χ0n) is 15.3. The van der Waals surface area contributed by atoms with Crippen LogP contribution in [0, 0.1) is 11.3 Å². The minimum Gasteiger partial charge on any atom is -0.504 e. The molecule has 1 fully saturated rings. The Morgan fingerprint density at radius 2 is 1.84 bits per heavy atom. The molecule has 0 radical (unpaired) electrons. The average molecular weight is 348 g/mol. The highest BCUT2D eigenvalue weighted by molar-refractivity contribution is 6.04. The van der Waals surface area contributed by atoms with Crippen LogP contribution in [0.2, 0.25) is 0 Å². The van der Waals surface area contributed by atoms with Gasteiger partial charge in [0, 0.05) is 40.5 Å². The molecule has 0 aliphatic heterocycles. The van der Waals surface area contributed by atoms with E-state index in [-0.39, 0.29) is 35.0 Å².